The van der Waals surface area contributed by atoms with Gasteiger partial charge >= 0.3 is 0 Å². The van der Waals surface area contributed by atoms with Crippen molar-refractivity contribution in [1.29, 1.82) is 0 Å². The molecule has 0 spiro atoms. The zero-order valence-electron chi connectivity index (χ0n) is 12.0. The van der Waals surface area contributed by atoms with Crippen LogP contribution in [-0.2, 0) is 6.54 Å². The Balaban J connectivity index is 1.95. The summed E-state index contributed by atoms with van der Waals surface area (Å²) < 4.78 is 2.00. The number of benzene rings is 1. The Morgan fingerprint density at radius 2 is 2.10 bits per heavy atom. The van der Waals surface area contributed by atoms with E-state index in [0.717, 1.165) is 24.9 Å². The monoisotopic (exact) mass is 271 g/mol. The maximum atomic E-state index is 12.0. The van der Waals surface area contributed by atoms with Crippen LogP contribution in [0, 0.1) is 0 Å². The Morgan fingerprint density at radius 3 is 2.70 bits per heavy atom. The summed E-state index contributed by atoms with van der Waals surface area (Å²) in [5.74, 6) is 0.000121. The average Bonchev–Trinajstić information content (AvgIpc) is 2.92. The lowest BCUT2D eigenvalue weighted by Gasteiger charge is -2.13. The van der Waals surface area contributed by atoms with E-state index in [-0.39, 0.29) is 11.9 Å². The lowest BCUT2D eigenvalue weighted by atomic mass is 10.1. The topological polar surface area (TPSA) is 46.9 Å². The molecule has 0 radical (unpaired) electrons. The summed E-state index contributed by atoms with van der Waals surface area (Å²) >= 11 is 0. The number of nitrogens with one attached hydrogen (secondary N) is 1. The van der Waals surface area contributed by atoms with Gasteiger partial charge in [-0.15, -0.1) is 0 Å². The van der Waals surface area contributed by atoms with Gasteiger partial charge in [0, 0.05) is 30.5 Å². The number of imidazole rings is 1. The van der Waals surface area contributed by atoms with Gasteiger partial charge in [-0.3, -0.25) is 4.79 Å². The lowest BCUT2D eigenvalue weighted by molar-refractivity contribution is 0.0938. The van der Waals surface area contributed by atoms with Crippen LogP contribution >= 0.6 is 0 Å². The fourth-order valence-electron chi connectivity index (χ4n) is 2.16. The van der Waals surface area contributed by atoms with Crippen LogP contribution in [-0.4, -0.2) is 21.5 Å². The van der Waals surface area contributed by atoms with Crippen LogP contribution < -0.4 is 5.32 Å². The summed E-state index contributed by atoms with van der Waals surface area (Å²) in [6.45, 7) is 4.93. The second kappa shape index (κ2) is 6.89. The molecule has 1 aromatic heterocycles. The lowest BCUT2D eigenvalue weighted by Crippen LogP contribution is -2.32. The van der Waals surface area contributed by atoms with Crippen molar-refractivity contribution in [2.45, 2.75) is 39.3 Å². The van der Waals surface area contributed by atoms with Crippen LogP contribution in [0.4, 0.5) is 0 Å². The molecule has 0 aliphatic rings. The Kier molecular flexibility index (Phi) is 4.93. The molecule has 2 aromatic rings. The van der Waals surface area contributed by atoms with Gasteiger partial charge in [0.1, 0.15) is 0 Å². The largest absolute Gasteiger partial charge is 0.350 e. The molecule has 0 saturated carbocycles. The van der Waals surface area contributed by atoms with Crippen LogP contribution in [0.25, 0.3) is 0 Å². The molecule has 2 rings (SSSR count). The summed E-state index contributed by atoms with van der Waals surface area (Å²) in [5, 5.41) is 3.01. The third-order valence-electron chi connectivity index (χ3n) is 3.24. The van der Waals surface area contributed by atoms with E-state index < -0.39 is 0 Å². The first-order valence-electron chi connectivity index (χ1n) is 7.04. The second-order valence-electron chi connectivity index (χ2n) is 5.10. The third-order valence-corrected chi connectivity index (χ3v) is 3.24. The molecule has 0 aliphatic heterocycles. The maximum absolute atomic E-state index is 12.0. The summed E-state index contributed by atoms with van der Waals surface area (Å²) in [5.41, 5.74) is 1.86. The summed E-state index contributed by atoms with van der Waals surface area (Å²) in [7, 11) is 0. The van der Waals surface area contributed by atoms with Gasteiger partial charge in [-0.25, -0.2) is 4.98 Å². The number of carbonyl (C=O) groups excluding carboxylic acids is 1. The Labute approximate surface area is 119 Å². The van der Waals surface area contributed by atoms with E-state index >= 15 is 0 Å². The fourth-order valence-corrected chi connectivity index (χ4v) is 2.16. The Bertz CT molecular complexity index is 531. The van der Waals surface area contributed by atoms with E-state index in [0.29, 0.717) is 5.56 Å². The van der Waals surface area contributed by atoms with Crippen molar-refractivity contribution in [2.24, 2.45) is 0 Å². The number of hydrogen-bond acceptors (Lipinski definition) is 2. The van der Waals surface area contributed by atoms with Gasteiger partial charge in [-0.2, -0.15) is 0 Å². The van der Waals surface area contributed by atoms with Crippen molar-refractivity contribution in [2.75, 3.05) is 0 Å². The zero-order valence-corrected chi connectivity index (χ0v) is 12.0. The van der Waals surface area contributed by atoms with Crippen molar-refractivity contribution in [3.8, 4) is 0 Å². The van der Waals surface area contributed by atoms with Crippen molar-refractivity contribution >= 4 is 5.91 Å². The SMILES string of the molecule is CCCC(C)NC(=O)c1ccc(Cn2ccnc2)cc1. The molecule has 0 fully saturated rings. The van der Waals surface area contributed by atoms with Crippen molar-refractivity contribution in [1.82, 2.24) is 14.9 Å². The molecule has 4 heteroatoms. The molecular formula is C16H21N3O. The normalized spacial score (nSPS) is 12.1. The Hall–Kier alpha value is -2.10. The second-order valence-corrected chi connectivity index (χ2v) is 5.10. The summed E-state index contributed by atoms with van der Waals surface area (Å²) in [4.78, 5) is 16.0. The van der Waals surface area contributed by atoms with E-state index in [2.05, 4.69) is 17.2 Å². The number of hydrogen-bond donors (Lipinski definition) is 1. The molecule has 1 amide bonds. The number of aromatic nitrogens is 2. The number of rotatable bonds is 6. The highest BCUT2D eigenvalue weighted by molar-refractivity contribution is 5.94. The molecular weight excluding hydrogens is 250 g/mol. The molecule has 0 saturated heterocycles. The van der Waals surface area contributed by atoms with Crippen LogP contribution in [0.2, 0.25) is 0 Å². The van der Waals surface area contributed by atoms with Gasteiger partial charge in [0.2, 0.25) is 0 Å². The standard InChI is InChI=1S/C16H21N3O/c1-3-4-13(2)18-16(20)15-7-5-14(6-8-15)11-19-10-9-17-12-19/h5-10,12-13H,3-4,11H2,1-2H3,(H,18,20). The van der Waals surface area contributed by atoms with Crippen LogP contribution in [0.1, 0.15) is 42.6 Å². The number of carbonyl (C=O) groups is 1. The zero-order chi connectivity index (χ0) is 14.4. The Morgan fingerprint density at radius 1 is 1.35 bits per heavy atom. The first-order valence-corrected chi connectivity index (χ1v) is 7.04. The first-order chi connectivity index (χ1) is 9.69. The molecule has 20 heavy (non-hydrogen) atoms. The molecule has 1 aromatic carbocycles. The summed E-state index contributed by atoms with van der Waals surface area (Å²) in [6, 6.07) is 7.94. The van der Waals surface area contributed by atoms with Gasteiger partial charge in [0.05, 0.1) is 6.33 Å². The van der Waals surface area contributed by atoms with E-state index in [9.17, 15) is 4.79 Å². The number of nitrogens with zero attached hydrogens (tertiary/aromatic N) is 2. The van der Waals surface area contributed by atoms with E-state index in [1.54, 1.807) is 12.5 Å². The predicted molar refractivity (Wildman–Crippen MR) is 79.6 cm³/mol. The van der Waals surface area contributed by atoms with E-state index in [1.165, 1.54) is 0 Å². The van der Waals surface area contributed by atoms with Crippen LogP contribution in [0.5, 0.6) is 0 Å². The molecule has 1 N–H and O–H groups in total. The highest BCUT2D eigenvalue weighted by Crippen LogP contribution is 2.07. The number of amides is 1. The first kappa shape index (κ1) is 14.3. The van der Waals surface area contributed by atoms with Crippen LogP contribution in [0.15, 0.2) is 43.0 Å². The molecule has 1 heterocycles. The highest BCUT2D eigenvalue weighted by atomic mass is 16.1. The van der Waals surface area contributed by atoms with Gasteiger partial charge in [0.15, 0.2) is 0 Å². The van der Waals surface area contributed by atoms with Crippen molar-refractivity contribution in [3.05, 3.63) is 54.1 Å². The average molecular weight is 271 g/mol. The minimum absolute atomic E-state index is 0.000121. The molecule has 0 aliphatic carbocycles. The van der Waals surface area contributed by atoms with Gasteiger partial charge in [0.25, 0.3) is 5.91 Å². The molecule has 1 atom stereocenters. The maximum Gasteiger partial charge on any atom is 0.251 e. The molecule has 0 bridgehead atoms. The quantitative estimate of drug-likeness (QED) is 0.878. The third kappa shape index (κ3) is 3.95. The minimum atomic E-state index is 0.000121. The highest BCUT2D eigenvalue weighted by Gasteiger charge is 2.08. The molecule has 1 unspecified atom stereocenters. The molecule has 4 nitrogen and oxygen atoms in total. The van der Waals surface area contributed by atoms with Crippen LogP contribution in [0.3, 0.4) is 0 Å². The van der Waals surface area contributed by atoms with E-state index in [1.807, 2.05) is 42.0 Å². The van der Waals surface area contributed by atoms with Gasteiger partial charge in [-0.05, 0) is 31.0 Å². The fraction of sp³-hybridized carbons (Fsp3) is 0.375. The van der Waals surface area contributed by atoms with Gasteiger partial charge in [-0.1, -0.05) is 25.5 Å². The molecule has 106 valence electrons. The summed E-state index contributed by atoms with van der Waals surface area (Å²) in [6.07, 6.45) is 7.55. The predicted octanol–water partition coefficient (Wildman–Crippen LogP) is 2.85. The smallest absolute Gasteiger partial charge is 0.251 e. The van der Waals surface area contributed by atoms with Crippen molar-refractivity contribution < 1.29 is 4.79 Å². The van der Waals surface area contributed by atoms with Crippen molar-refractivity contribution in [3.63, 3.8) is 0 Å². The van der Waals surface area contributed by atoms with Gasteiger partial charge < -0.3 is 9.88 Å². The minimum Gasteiger partial charge on any atom is -0.350 e. The van der Waals surface area contributed by atoms with E-state index in [4.69, 9.17) is 0 Å².